The van der Waals surface area contributed by atoms with Gasteiger partial charge in [-0.1, -0.05) is 42.5 Å². The van der Waals surface area contributed by atoms with Crippen molar-refractivity contribution in [2.45, 2.75) is 0 Å². The minimum atomic E-state index is 0.977. The quantitative estimate of drug-likeness (QED) is 0.491. The van der Waals surface area contributed by atoms with Crippen molar-refractivity contribution in [1.82, 2.24) is 9.38 Å². The molecule has 0 fully saturated rings. The minimum Gasteiger partial charge on any atom is -0.300 e. The van der Waals surface area contributed by atoms with Crippen LogP contribution in [0.2, 0.25) is 0 Å². The fourth-order valence-corrected chi connectivity index (χ4v) is 2.49. The third kappa shape index (κ3) is 1.61. The Kier molecular flexibility index (Phi) is 2.15. The van der Waals surface area contributed by atoms with Gasteiger partial charge < -0.3 is 0 Å². The van der Waals surface area contributed by atoms with Crippen molar-refractivity contribution in [3.05, 3.63) is 73.1 Å². The molecule has 2 heterocycles. The molecule has 0 amide bonds. The number of aromatic nitrogens is 2. The molecule has 0 aliphatic carbocycles. The van der Waals surface area contributed by atoms with Gasteiger partial charge in [-0.2, -0.15) is 0 Å². The van der Waals surface area contributed by atoms with E-state index in [4.69, 9.17) is 0 Å². The summed E-state index contributed by atoms with van der Waals surface area (Å²) in [6, 6.07) is 21.0. The number of fused-ring (bicyclic) bond motifs is 2. The number of rotatable bonds is 1. The molecular formula is C17H12N2. The summed E-state index contributed by atoms with van der Waals surface area (Å²) < 4.78 is 2.12. The lowest BCUT2D eigenvalue weighted by atomic mass is 10.1. The van der Waals surface area contributed by atoms with E-state index in [-0.39, 0.29) is 0 Å². The third-order valence-electron chi connectivity index (χ3n) is 3.46. The Morgan fingerprint density at radius 2 is 1.63 bits per heavy atom. The van der Waals surface area contributed by atoms with Crippen LogP contribution in [0, 0.1) is 0 Å². The van der Waals surface area contributed by atoms with Crippen LogP contribution in [0.5, 0.6) is 0 Å². The summed E-state index contributed by atoms with van der Waals surface area (Å²) >= 11 is 0. The van der Waals surface area contributed by atoms with Crippen LogP contribution in [0.3, 0.4) is 0 Å². The molecule has 2 aromatic heterocycles. The van der Waals surface area contributed by atoms with E-state index in [9.17, 15) is 0 Å². The van der Waals surface area contributed by atoms with Crippen LogP contribution in [0.1, 0.15) is 0 Å². The molecule has 0 saturated heterocycles. The zero-order valence-corrected chi connectivity index (χ0v) is 10.3. The molecule has 0 spiro atoms. The van der Waals surface area contributed by atoms with Gasteiger partial charge in [0.25, 0.3) is 0 Å². The predicted molar refractivity (Wildman–Crippen MR) is 78.1 cm³/mol. The molecule has 0 radical (unpaired) electrons. The van der Waals surface area contributed by atoms with Crippen LogP contribution >= 0.6 is 0 Å². The third-order valence-corrected chi connectivity index (χ3v) is 3.46. The Hall–Kier alpha value is -2.61. The summed E-state index contributed by atoms with van der Waals surface area (Å²) in [6.45, 7) is 0. The van der Waals surface area contributed by atoms with E-state index in [2.05, 4.69) is 51.8 Å². The molecule has 0 aliphatic heterocycles. The Labute approximate surface area is 111 Å². The second-order valence-electron chi connectivity index (χ2n) is 4.63. The highest BCUT2D eigenvalue weighted by Gasteiger charge is 2.05. The van der Waals surface area contributed by atoms with E-state index in [1.54, 1.807) is 0 Å². The molecule has 90 valence electrons. The van der Waals surface area contributed by atoms with Gasteiger partial charge in [-0.25, -0.2) is 4.98 Å². The van der Waals surface area contributed by atoms with Crippen molar-refractivity contribution < 1.29 is 0 Å². The number of imidazole rings is 1. The van der Waals surface area contributed by atoms with Crippen LogP contribution in [0.25, 0.3) is 27.7 Å². The number of benzene rings is 2. The molecule has 0 N–H and O–H groups in total. The van der Waals surface area contributed by atoms with Crippen molar-refractivity contribution in [2.24, 2.45) is 0 Å². The molecule has 2 nitrogen and oxygen atoms in total. The summed E-state index contributed by atoms with van der Waals surface area (Å²) in [5.74, 6) is 0. The largest absolute Gasteiger partial charge is 0.300 e. The summed E-state index contributed by atoms with van der Waals surface area (Å²) in [6.07, 6.45) is 3.98. The summed E-state index contributed by atoms with van der Waals surface area (Å²) in [5, 5.41) is 2.52. The van der Waals surface area contributed by atoms with Gasteiger partial charge in [-0.3, -0.25) is 4.40 Å². The molecule has 0 aliphatic rings. The maximum atomic E-state index is 4.44. The van der Waals surface area contributed by atoms with Crippen LogP contribution < -0.4 is 0 Å². The van der Waals surface area contributed by atoms with E-state index in [1.165, 1.54) is 16.3 Å². The molecule has 4 rings (SSSR count). The summed E-state index contributed by atoms with van der Waals surface area (Å²) in [5.41, 5.74) is 3.30. The first kappa shape index (κ1) is 10.3. The molecular weight excluding hydrogens is 232 g/mol. The second kappa shape index (κ2) is 3.95. The maximum Gasteiger partial charge on any atom is 0.137 e. The lowest BCUT2D eigenvalue weighted by Gasteiger charge is -2.04. The molecule has 0 bridgehead atoms. The lowest BCUT2D eigenvalue weighted by molar-refractivity contribution is 1.19. The van der Waals surface area contributed by atoms with Gasteiger partial charge in [-0.15, -0.1) is 0 Å². The molecule has 19 heavy (non-hydrogen) atoms. The van der Waals surface area contributed by atoms with Crippen molar-refractivity contribution in [3.8, 4) is 11.3 Å². The Morgan fingerprint density at radius 1 is 0.789 bits per heavy atom. The Balaban J connectivity index is 1.99. The zero-order chi connectivity index (χ0) is 12.7. The first-order valence-electron chi connectivity index (χ1n) is 6.33. The zero-order valence-electron chi connectivity index (χ0n) is 10.3. The first-order valence-corrected chi connectivity index (χ1v) is 6.33. The van der Waals surface area contributed by atoms with Gasteiger partial charge in [-0.05, 0) is 29.0 Å². The monoisotopic (exact) mass is 244 g/mol. The average molecular weight is 244 g/mol. The van der Waals surface area contributed by atoms with E-state index in [1.807, 2.05) is 30.6 Å². The molecule has 2 aromatic carbocycles. The molecule has 0 atom stereocenters. The molecule has 0 unspecified atom stereocenters. The molecule has 4 aromatic rings. The van der Waals surface area contributed by atoms with E-state index < -0.39 is 0 Å². The maximum absolute atomic E-state index is 4.44. The van der Waals surface area contributed by atoms with Crippen molar-refractivity contribution in [1.29, 1.82) is 0 Å². The van der Waals surface area contributed by atoms with Gasteiger partial charge in [0, 0.05) is 11.8 Å². The normalized spacial score (nSPS) is 11.2. The Bertz CT molecular complexity index is 874. The Morgan fingerprint density at radius 3 is 2.58 bits per heavy atom. The van der Waals surface area contributed by atoms with Crippen molar-refractivity contribution >= 4 is 16.4 Å². The fraction of sp³-hybridized carbons (Fsp3) is 0. The van der Waals surface area contributed by atoms with Crippen LogP contribution in [0.4, 0.5) is 0 Å². The fourth-order valence-electron chi connectivity index (χ4n) is 2.49. The van der Waals surface area contributed by atoms with E-state index in [0.29, 0.717) is 0 Å². The topological polar surface area (TPSA) is 17.3 Å². The minimum absolute atomic E-state index is 0.977. The van der Waals surface area contributed by atoms with Gasteiger partial charge in [0.1, 0.15) is 5.65 Å². The second-order valence-corrected chi connectivity index (χ2v) is 4.63. The van der Waals surface area contributed by atoms with Gasteiger partial charge >= 0.3 is 0 Å². The first-order chi connectivity index (χ1) is 9.42. The van der Waals surface area contributed by atoms with E-state index in [0.717, 1.165) is 11.3 Å². The number of hydrogen-bond acceptors (Lipinski definition) is 1. The van der Waals surface area contributed by atoms with Crippen molar-refractivity contribution in [3.63, 3.8) is 0 Å². The smallest absolute Gasteiger partial charge is 0.137 e. The summed E-state index contributed by atoms with van der Waals surface area (Å²) in [4.78, 5) is 4.44. The summed E-state index contributed by atoms with van der Waals surface area (Å²) in [7, 11) is 0. The van der Waals surface area contributed by atoms with Crippen LogP contribution in [0.15, 0.2) is 73.1 Å². The van der Waals surface area contributed by atoms with Gasteiger partial charge in [0.15, 0.2) is 0 Å². The highest BCUT2D eigenvalue weighted by Crippen LogP contribution is 2.25. The molecule has 2 heteroatoms. The lowest BCUT2D eigenvalue weighted by Crippen LogP contribution is -1.87. The highest BCUT2D eigenvalue weighted by molar-refractivity contribution is 5.87. The SMILES string of the molecule is c1ccc2cc(-c3cnc4ccccn34)ccc2c1. The number of hydrogen-bond donors (Lipinski definition) is 0. The average Bonchev–Trinajstić information content (AvgIpc) is 2.91. The predicted octanol–water partition coefficient (Wildman–Crippen LogP) is 4.15. The highest BCUT2D eigenvalue weighted by atomic mass is 15.0. The van der Waals surface area contributed by atoms with E-state index >= 15 is 0 Å². The van der Waals surface area contributed by atoms with Crippen LogP contribution in [-0.2, 0) is 0 Å². The van der Waals surface area contributed by atoms with Gasteiger partial charge in [0.05, 0.1) is 11.9 Å². The molecule has 0 saturated carbocycles. The van der Waals surface area contributed by atoms with Crippen LogP contribution in [-0.4, -0.2) is 9.38 Å². The standard InChI is InChI=1S/C17H12N2/c1-2-6-14-11-15(9-8-13(14)5-1)16-12-18-17-7-3-4-10-19(16)17/h1-12H. The number of nitrogens with zero attached hydrogens (tertiary/aromatic N) is 2. The number of pyridine rings is 1. The van der Waals surface area contributed by atoms with Crippen molar-refractivity contribution in [2.75, 3.05) is 0 Å². The van der Waals surface area contributed by atoms with Gasteiger partial charge in [0.2, 0.25) is 0 Å².